The van der Waals surface area contributed by atoms with Gasteiger partial charge in [0, 0.05) is 28.8 Å². The molecule has 0 aromatic heterocycles. The fourth-order valence-corrected chi connectivity index (χ4v) is 7.69. The van der Waals surface area contributed by atoms with Crippen molar-refractivity contribution in [1.29, 1.82) is 5.26 Å². The van der Waals surface area contributed by atoms with Crippen LogP contribution < -0.4 is 19.7 Å². The van der Waals surface area contributed by atoms with Gasteiger partial charge in [0.05, 0.1) is 38.0 Å². The number of carbonyl (C=O) groups excluding carboxylic acids is 1. The summed E-state index contributed by atoms with van der Waals surface area (Å²) < 4.78 is 35.0. The van der Waals surface area contributed by atoms with Gasteiger partial charge in [0.15, 0.2) is 15.0 Å². The molecule has 1 amide bonds. The number of rotatable bonds is 6. The lowest BCUT2D eigenvalue weighted by Gasteiger charge is -2.24. The molecule has 1 N–H and O–H groups in total. The molecule has 2 fully saturated rings. The highest BCUT2D eigenvalue weighted by Gasteiger charge is 2.49. The molecule has 0 spiro atoms. The molecule has 0 radical (unpaired) electrons. The van der Waals surface area contributed by atoms with Crippen molar-refractivity contribution >= 4 is 44.0 Å². The quantitative estimate of drug-likeness (QED) is 0.477. The number of amides is 1. The van der Waals surface area contributed by atoms with Gasteiger partial charge < -0.3 is 19.7 Å². The van der Waals surface area contributed by atoms with E-state index in [0.29, 0.717) is 22.4 Å². The largest absolute Gasteiger partial charge is 0.497 e. The van der Waals surface area contributed by atoms with Crippen LogP contribution in [-0.4, -0.2) is 56.5 Å². The number of hydrogen-bond donors (Lipinski definition) is 1. The Balaban J connectivity index is 1.63. The number of carbonyl (C=O) groups is 1. The van der Waals surface area contributed by atoms with Gasteiger partial charge in [0.1, 0.15) is 23.1 Å². The normalized spacial score (nSPS) is 22.2. The molecule has 2 atom stereocenters. The summed E-state index contributed by atoms with van der Waals surface area (Å²) in [6.07, 6.45) is 1.21. The van der Waals surface area contributed by atoms with Gasteiger partial charge in [0.2, 0.25) is 0 Å². The number of nitriles is 1. The van der Waals surface area contributed by atoms with E-state index in [2.05, 4.69) is 10.3 Å². The predicted molar refractivity (Wildman–Crippen MR) is 132 cm³/mol. The van der Waals surface area contributed by atoms with E-state index in [1.54, 1.807) is 43.5 Å². The van der Waals surface area contributed by atoms with Crippen molar-refractivity contribution in [2.75, 3.05) is 35.9 Å². The summed E-state index contributed by atoms with van der Waals surface area (Å²) in [7, 11) is -0.0926. The van der Waals surface area contributed by atoms with Crippen LogP contribution in [-0.2, 0) is 14.6 Å². The number of sulfone groups is 1. The minimum atomic E-state index is -3.17. The second-order valence-electron chi connectivity index (χ2n) is 7.62. The van der Waals surface area contributed by atoms with Gasteiger partial charge in [-0.15, -0.1) is 0 Å². The summed E-state index contributed by atoms with van der Waals surface area (Å²) in [6, 6.07) is 15.6. The molecule has 2 saturated heterocycles. The number of fused-ring (bicyclic) bond motifs is 1. The first-order valence-corrected chi connectivity index (χ1v) is 13.0. The average molecular weight is 499 g/mol. The molecule has 34 heavy (non-hydrogen) atoms. The first-order chi connectivity index (χ1) is 16.3. The highest BCUT2D eigenvalue weighted by atomic mass is 32.2. The summed E-state index contributed by atoms with van der Waals surface area (Å²) in [5.41, 5.74) is 1.01. The third kappa shape index (κ3) is 5.03. The number of ether oxygens (including phenoxy) is 2. The zero-order chi connectivity index (χ0) is 24.3. The Morgan fingerprint density at radius 1 is 1.18 bits per heavy atom. The van der Waals surface area contributed by atoms with Gasteiger partial charge in [-0.3, -0.25) is 4.79 Å². The van der Waals surface area contributed by atoms with Crippen LogP contribution in [0.25, 0.3) is 0 Å². The molecular weight excluding hydrogens is 476 g/mol. The Kier molecular flexibility index (Phi) is 6.81. The summed E-state index contributed by atoms with van der Waals surface area (Å²) in [6.45, 7) is 0. The zero-order valence-electron chi connectivity index (χ0n) is 18.5. The lowest BCUT2D eigenvalue weighted by Crippen LogP contribution is -2.37. The summed E-state index contributed by atoms with van der Waals surface area (Å²) in [5, 5.41) is 12.5. The minimum Gasteiger partial charge on any atom is -0.497 e. The van der Waals surface area contributed by atoms with E-state index in [1.165, 1.54) is 25.1 Å². The summed E-state index contributed by atoms with van der Waals surface area (Å²) >= 11 is 1.33. The van der Waals surface area contributed by atoms with Crippen LogP contribution in [0.4, 0.5) is 11.4 Å². The second-order valence-corrected chi connectivity index (χ2v) is 11.0. The smallest absolute Gasteiger partial charge is 0.267 e. The molecule has 2 aliphatic rings. The van der Waals surface area contributed by atoms with Crippen LogP contribution in [0.15, 0.2) is 65.3 Å². The molecule has 0 saturated carbocycles. The highest BCUT2D eigenvalue weighted by molar-refractivity contribution is 8.16. The van der Waals surface area contributed by atoms with Gasteiger partial charge in [-0.05, 0) is 24.3 Å². The predicted octanol–water partition coefficient (Wildman–Crippen LogP) is 2.82. The van der Waals surface area contributed by atoms with Gasteiger partial charge >= 0.3 is 0 Å². The van der Waals surface area contributed by atoms with Gasteiger partial charge in [-0.25, -0.2) is 13.4 Å². The fourth-order valence-electron chi connectivity index (χ4n) is 3.80. The third-order valence-corrected chi connectivity index (χ3v) is 8.62. The third-order valence-electron chi connectivity index (χ3n) is 5.39. The number of nitrogens with one attached hydrogen (secondary N) is 1. The maximum atomic E-state index is 12.6. The molecule has 0 unspecified atom stereocenters. The maximum absolute atomic E-state index is 12.6. The number of methoxy groups -OCH3 is 2. The zero-order valence-corrected chi connectivity index (χ0v) is 20.1. The topological polar surface area (TPSA) is 121 Å². The van der Waals surface area contributed by atoms with Crippen molar-refractivity contribution < 1.29 is 22.7 Å². The van der Waals surface area contributed by atoms with Crippen molar-refractivity contribution in [2.45, 2.75) is 11.3 Å². The van der Waals surface area contributed by atoms with E-state index in [9.17, 15) is 18.5 Å². The number of amidine groups is 1. The van der Waals surface area contributed by atoms with Crippen LogP contribution in [0.2, 0.25) is 0 Å². The molecular formula is C23H22N4O5S2. The van der Waals surface area contributed by atoms with E-state index in [4.69, 9.17) is 9.47 Å². The first kappa shape index (κ1) is 23.7. The lowest BCUT2D eigenvalue weighted by molar-refractivity contribution is -0.112. The van der Waals surface area contributed by atoms with Crippen LogP contribution in [0.5, 0.6) is 11.5 Å². The second kappa shape index (κ2) is 9.79. The number of benzene rings is 2. The van der Waals surface area contributed by atoms with Crippen molar-refractivity contribution in [1.82, 2.24) is 0 Å². The standard InChI is InChI=1S/C23H22N4O5S2/c1-31-18-7-3-5-16(9-18)26-22(28)15(11-24)12-25-23-27(17-6-4-8-19(10-17)32-2)20-13-34(29,30)14-21(20)33-23/h3-10,12,20-21H,13-14H2,1-2H3,(H,26,28)/b15-12+,25-23?/t20-,21-/m0/s1. The van der Waals surface area contributed by atoms with Crippen LogP contribution in [0.1, 0.15) is 0 Å². The fraction of sp³-hybridized carbons (Fsp3) is 0.261. The summed E-state index contributed by atoms with van der Waals surface area (Å²) in [5.74, 6) is 0.633. The molecule has 176 valence electrons. The highest BCUT2D eigenvalue weighted by Crippen LogP contribution is 2.41. The van der Waals surface area contributed by atoms with Gasteiger partial charge in [-0.1, -0.05) is 23.9 Å². The van der Waals surface area contributed by atoms with Crippen molar-refractivity contribution in [3.05, 3.63) is 60.3 Å². The van der Waals surface area contributed by atoms with Crippen molar-refractivity contribution in [3.8, 4) is 17.6 Å². The van der Waals surface area contributed by atoms with Gasteiger partial charge in [-0.2, -0.15) is 5.26 Å². The van der Waals surface area contributed by atoms with E-state index in [0.717, 1.165) is 5.69 Å². The number of thioether (sulfide) groups is 1. The molecule has 2 aromatic carbocycles. The van der Waals surface area contributed by atoms with Crippen molar-refractivity contribution in [3.63, 3.8) is 0 Å². The summed E-state index contributed by atoms with van der Waals surface area (Å²) in [4.78, 5) is 18.9. The number of anilines is 2. The molecule has 0 bridgehead atoms. The first-order valence-electron chi connectivity index (χ1n) is 10.3. The Morgan fingerprint density at radius 3 is 2.59 bits per heavy atom. The van der Waals surface area contributed by atoms with Crippen LogP contribution >= 0.6 is 11.8 Å². The molecule has 2 heterocycles. The monoisotopic (exact) mass is 498 g/mol. The molecule has 4 rings (SSSR count). The van der Waals surface area contributed by atoms with Crippen molar-refractivity contribution in [2.24, 2.45) is 4.99 Å². The average Bonchev–Trinajstić information content (AvgIpc) is 3.30. The Bertz CT molecular complexity index is 1320. The molecule has 2 aliphatic heterocycles. The Hall–Kier alpha value is -3.49. The number of hydrogen-bond acceptors (Lipinski definition) is 8. The molecule has 9 nitrogen and oxygen atoms in total. The number of nitrogens with zero attached hydrogens (tertiary/aromatic N) is 3. The molecule has 11 heteroatoms. The van der Waals surface area contributed by atoms with E-state index < -0.39 is 15.7 Å². The van der Waals surface area contributed by atoms with E-state index >= 15 is 0 Å². The maximum Gasteiger partial charge on any atom is 0.267 e. The van der Waals surface area contributed by atoms with E-state index in [1.807, 2.05) is 23.1 Å². The Labute approximate surface area is 202 Å². The minimum absolute atomic E-state index is 0.00600. The SMILES string of the molecule is COc1cccc(NC(=O)/C(C#N)=C/N=C2S[C@H]3CS(=O)(=O)C[C@@H]3N2c2cccc(OC)c2)c1. The van der Waals surface area contributed by atoms with Crippen LogP contribution in [0.3, 0.4) is 0 Å². The van der Waals surface area contributed by atoms with Gasteiger partial charge in [0.25, 0.3) is 5.91 Å². The molecule has 2 aromatic rings. The lowest BCUT2D eigenvalue weighted by atomic mass is 10.2. The van der Waals surface area contributed by atoms with E-state index in [-0.39, 0.29) is 28.4 Å². The van der Waals surface area contributed by atoms with Crippen LogP contribution in [0, 0.1) is 11.3 Å². The Morgan fingerprint density at radius 2 is 1.88 bits per heavy atom. The molecule has 0 aliphatic carbocycles. The number of aliphatic imine (C=N–C) groups is 1.